The van der Waals surface area contributed by atoms with Crippen molar-refractivity contribution in [3.63, 3.8) is 0 Å². The Balaban J connectivity index is 2.46. The Kier molecular flexibility index (Phi) is 4.93. The number of carboxylic acids is 1. The zero-order valence-electron chi connectivity index (χ0n) is 10.8. The summed E-state index contributed by atoms with van der Waals surface area (Å²) in [5.41, 5.74) is 0. The second-order valence-electron chi connectivity index (χ2n) is 5.04. The summed E-state index contributed by atoms with van der Waals surface area (Å²) in [6.45, 7) is 7.99. The van der Waals surface area contributed by atoms with Crippen LogP contribution in [-0.4, -0.2) is 59.0 Å². The quantitative estimate of drug-likeness (QED) is 0.769. The first-order valence-corrected chi connectivity index (χ1v) is 6.11. The number of hydrogen-bond donors (Lipinski definition) is 1. The molecule has 17 heavy (non-hydrogen) atoms. The van der Waals surface area contributed by atoms with Crippen molar-refractivity contribution in [1.82, 2.24) is 9.80 Å². The number of carboxylic acid groups (broad SMARTS) is 1. The van der Waals surface area contributed by atoms with E-state index < -0.39 is 5.97 Å². The molecule has 1 N–H and O–H groups in total. The molecule has 0 aliphatic carbocycles. The normalized spacial score (nSPS) is 20.3. The summed E-state index contributed by atoms with van der Waals surface area (Å²) < 4.78 is 0. The van der Waals surface area contributed by atoms with E-state index >= 15 is 0 Å². The second-order valence-corrected chi connectivity index (χ2v) is 5.04. The Bertz CT molecular complexity index is 291. The van der Waals surface area contributed by atoms with Crippen LogP contribution in [0, 0.1) is 5.92 Å². The Morgan fingerprint density at radius 3 is 2.53 bits per heavy atom. The fourth-order valence-electron chi connectivity index (χ4n) is 2.23. The van der Waals surface area contributed by atoms with E-state index in [1.165, 1.54) is 0 Å². The molecule has 0 radical (unpaired) electrons. The SMILES string of the molecule is CC(=O)N1CC[C@H](CN(CC(=O)O)C(C)C)C1. The third-order valence-corrected chi connectivity index (χ3v) is 3.29. The molecule has 1 amide bonds. The largest absolute Gasteiger partial charge is 0.480 e. The van der Waals surface area contributed by atoms with Crippen LogP contribution >= 0.6 is 0 Å². The fraction of sp³-hybridized carbons (Fsp3) is 0.833. The minimum atomic E-state index is -0.792. The third kappa shape index (κ3) is 4.34. The van der Waals surface area contributed by atoms with E-state index in [0.29, 0.717) is 5.92 Å². The van der Waals surface area contributed by atoms with Crippen LogP contribution in [0.15, 0.2) is 0 Å². The number of carbonyl (C=O) groups excluding carboxylic acids is 1. The minimum absolute atomic E-state index is 0.0776. The number of aliphatic carboxylic acids is 1. The molecule has 0 aromatic heterocycles. The highest BCUT2D eigenvalue weighted by Gasteiger charge is 2.27. The van der Waals surface area contributed by atoms with Crippen LogP contribution in [0.5, 0.6) is 0 Å². The van der Waals surface area contributed by atoms with Gasteiger partial charge in [0.05, 0.1) is 6.54 Å². The standard InChI is InChI=1S/C12H22N2O3/c1-9(2)14(8-12(16)17)7-11-4-5-13(6-11)10(3)15/h9,11H,4-8H2,1-3H3,(H,16,17)/t11-/m0/s1. The predicted octanol–water partition coefficient (Wildman–Crippen LogP) is 0.650. The number of nitrogens with zero attached hydrogens (tertiary/aromatic N) is 2. The van der Waals surface area contributed by atoms with Gasteiger partial charge in [-0.05, 0) is 26.2 Å². The first-order valence-electron chi connectivity index (χ1n) is 6.11. The van der Waals surface area contributed by atoms with Gasteiger partial charge in [-0.2, -0.15) is 0 Å². The molecule has 0 spiro atoms. The van der Waals surface area contributed by atoms with Crippen LogP contribution in [0.2, 0.25) is 0 Å². The number of amides is 1. The highest BCUT2D eigenvalue weighted by Crippen LogP contribution is 2.18. The molecule has 98 valence electrons. The molecule has 1 heterocycles. The van der Waals surface area contributed by atoms with Crippen molar-refractivity contribution in [2.45, 2.75) is 33.2 Å². The van der Waals surface area contributed by atoms with Gasteiger partial charge in [-0.1, -0.05) is 0 Å². The minimum Gasteiger partial charge on any atom is -0.480 e. The summed E-state index contributed by atoms with van der Waals surface area (Å²) in [7, 11) is 0. The van der Waals surface area contributed by atoms with E-state index in [1.54, 1.807) is 6.92 Å². The summed E-state index contributed by atoms with van der Waals surface area (Å²) in [6.07, 6.45) is 0.975. The average molecular weight is 242 g/mol. The molecule has 1 fully saturated rings. The van der Waals surface area contributed by atoms with Crippen molar-refractivity contribution >= 4 is 11.9 Å². The molecular formula is C12H22N2O3. The maximum atomic E-state index is 11.2. The molecule has 0 bridgehead atoms. The van der Waals surface area contributed by atoms with Crippen molar-refractivity contribution in [2.75, 3.05) is 26.2 Å². The second kappa shape index (κ2) is 6.00. The molecule has 1 rings (SSSR count). The summed E-state index contributed by atoms with van der Waals surface area (Å²) in [5, 5.41) is 8.84. The first kappa shape index (κ1) is 14.0. The van der Waals surface area contributed by atoms with E-state index in [4.69, 9.17) is 5.11 Å². The zero-order valence-corrected chi connectivity index (χ0v) is 10.8. The van der Waals surface area contributed by atoms with E-state index in [0.717, 1.165) is 26.1 Å². The van der Waals surface area contributed by atoms with Crippen molar-refractivity contribution in [3.8, 4) is 0 Å². The summed E-state index contributed by atoms with van der Waals surface area (Å²) in [6, 6.07) is 0.220. The van der Waals surface area contributed by atoms with Gasteiger partial charge in [-0.25, -0.2) is 0 Å². The highest BCUT2D eigenvalue weighted by atomic mass is 16.4. The lowest BCUT2D eigenvalue weighted by Crippen LogP contribution is -2.40. The van der Waals surface area contributed by atoms with Crippen molar-refractivity contribution in [2.24, 2.45) is 5.92 Å². The van der Waals surface area contributed by atoms with Gasteiger partial charge >= 0.3 is 5.97 Å². The van der Waals surface area contributed by atoms with Gasteiger partial charge in [0, 0.05) is 32.6 Å². The molecule has 1 aliphatic heterocycles. The number of hydrogen-bond acceptors (Lipinski definition) is 3. The molecular weight excluding hydrogens is 220 g/mol. The molecule has 5 nitrogen and oxygen atoms in total. The molecule has 1 atom stereocenters. The molecule has 0 unspecified atom stereocenters. The van der Waals surface area contributed by atoms with Gasteiger partial charge in [-0.15, -0.1) is 0 Å². The van der Waals surface area contributed by atoms with E-state index in [9.17, 15) is 9.59 Å². The topological polar surface area (TPSA) is 60.9 Å². The van der Waals surface area contributed by atoms with Gasteiger partial charge in [0.15, 0.2) is 0 Å². The highest BCUT2D eigenvalue weighted by molar-refractivity contribution is 5.73. The molecule has 0 aromatic rings. The maximum Gasteiger partial charge on any atom is 0.317 e. The Morgan fingerprint density at radius 2 is 2.12 bits per heavy atom. The summed E-state index contributed by atoms with van der Waals surface area (Å²) >= 11 is 0. The van der Waals surface area contributed by atoms with E-state index in [-0.39, 0.29) is 18.5 Å². The van der Waals surface area contributed by atoms with E-state index in [1.807, 2.05) is 23.6 Å². The van der Waals surface area contributed by atoms with E-state index in [2.05, 4.69) is 0 Å². The van der Waals surface area contributed by atoms with Crippen LogP contribution < -0.4 is 0 Å². The molecule has 5 heteroatoms. The Labute approximate surface area is 102 Å². The predicted molar refractivity (Wildman–Crippen MR) is 64.7 cm³/mol. The summed E-state index contributed by atoms with van der Waals surface area (Å²) in [4.78, 5) is 25.8. The van der Waals surface area contributed by atoms with Gasteiger partial charge in [-0.3, -0.25) is 14.5 Å². The molecule has 1 aliphatic rings. The van der Waals surface area contributed by atoms with Crippen molar-refractivity contribution in [3.05, 3.63) is 0 Å². The number of rotatable bonds is 5. The molecule has 0 aromatic carbocycles. The Hall–Kier alpha value is -1.10. The third-order valence-electron chi connectivity index (χ3n) is 3.29. The Morgan fingerprint density at radius 1 is 1.47 bits per heavy atom. The van der Waals surface area contributed by atoms with Crippen LogP contribution in [0.25, 0.3) is 0 Å². The number of carbonyl (C=O) groups is 2. The smallest absolute Gasteiger partial charge is 0.317 e. The van der Waals surface area contributed by atoms with Gasteiger partial charge in [0.2, 0.25) is 5.91 Å². The lowest BCUT2D eigenvalue weighted by molar-refractivity contribution is -0.139. The number of likely N-dealkylation sites (tertiary alicyclic amines) is 1. The molecule has 0 saturated carbocycles. The first-order chi connectivity index (χ1) is 7.90. The average Bonchev–Trinajstić information content (AvgIpc) is 2.64. The lowest BCUT2D eigenvalue weighted by Gasteiger charge is -2.27. The van der Waals surface area contributed by atoms with Crippen LogP contribution in [0.1, 0.15) is 27.2 Å². The van der Waals surface area contributed by atoms with Crippen LogP contribution in [0.3, 0.4) is 0 Å². The maximum absolute atomic E-state index is 11.2. The van der Waals surface area contributed by atoms with Crippen molar-refractivity contribution < 1.29 is 14.7 Å². The lowest BCUT2D eigenvalue weighted by atomic mass is 10.1. The van der Waals surface area contributed by atoms with Crippen molar-refractivity contribution in [1.29, 1.82) is 0 Å². The fourth-order valence-corrected chi connectivity index (χ4v) is 2.23. The van der Waals surface area contributed by atoms with Gasteiger partial charge in [0.25, 0.3) is 0 Å². The molecule has 1 saturated heterocycles. The van der Waals surface area contributed by atoms with Gasteiger partial charge in [0.1, 0.15) is 0 Å². The van der Waals surface area contributed by atoms with Crippen LogP contribution in [-0.2, 0) is 9.59 Å². The van der Waals surface area contributed by atoms with Gasteiger partial charge < -0.3 is 10.0 Å². The van der Waals surface area contributed by atoms with Crippen LogP contribution in [0.4, 0.5) is 0 Å². The zero-order chi connectivity index (χ0) is 13.0. The summed E-state index contributed by atoms with van der Waals surface area (Å²) in [5.74, 6) is -0.275. The monoisotopic (exact) mass is 242 g/mol.